The second-order valence-electron chi connectivity index (χ2n) is 8.85. The van der Waals surface area contributed by atoms with Crippen LogP contribution in [0.2, 0.25) is 0 Å². The molecular formula is C25H39N3O8. The highest BCUT2D eigenvalue weighted by Crippen LogP contribution is 2.09. The summed E-state index contributed by atoms with van der Waals surface area (Å²) < 4.78 is 31.3. The summed E-state index contributed by atoms with van der Waals surface area (Å²) in [6.07, 6.45) is -1.46. The molecule has 0 spiro atoms. The van der Waals surface area contributed by atoms with Gasteiger partial charge < -0.3 is 35.3 Å². The second kappa shape index (κ2) is 16.4. The van der Waals surface area contributed by atoms with Crippen molar-refractivity contribution >= 4 is 24.1 Å². The fourth-order valence-corrected chi connectivity index (χ4v) is 2.87. The van der Waals surface area contributed by atoms with Crippen LogP contribution in [0.4, 0.5) is 9.59 Å². The molecular weight excluding hydrogens is 471 g/mol. The van der Waals surface area contributed by atoms with Crippen LogP contribution in [0.25, 0.3) is 0 Å². The van der Waals surface area contributed by atoms with Crippen LogP contribution in [0.1, 0.15) is 61.2 Å². The Hall–Kier alpha value is -3.34. The van der Waals surface area contributed by atoms with E-state index in [2.05, 4.69) is 20.7 Å². The van der Waals surface area contributed by atoms with Gasteiger partial charge in [0.1, 0.15) is 18.2 Å². The summed E-state index contributed by atoms with van der Waals surface area (Å²) in [7, 11) is 1.07. The van der Waals surface area contributed by atoms with E-state index in [-0.39, 0.29) is 32.4 Å². The Kier molecular flexibility index (Phi) is 12.4. The molecule has 0 bridgehead atoms. The van der Waals surface area contributed by atoms with E-state index in [1.165, 1.54) is 0 Å². The molecule has 0 unspecified atom stereocenters. The van der Waals surface area contributed by atoms with Crippen LogP contribution in [0, 0.1) is 0 Å². The van der Waals surface area contributed by atoms with Crippen LogP contribution < -0.4 is 16.0 Å². The summed E-state index contributed by atoms with van der Waals surface area (Å²) in [5.41, 5.74) is -0.0591. The van der Waals surface area contributed by atoms with Gasteiger partial charge in [0.15, 0.2) is 0 Å². The summed E-state index contributed by atoms with van der Waals surface area (Å²) >= 11 is 0. The maximum Gasteiger partial charge on any atom is 0.408 e. The topological polar surface area (TPSA) is 152 Å². The van der Waals surface area contributed by atoms with Gasteiger partial charge >= 0.3 is 18.2 Å². The van der Waals surface area contributed by atoms with Crippen molar-refractivity contribution in [3.8, 4) is 0 Å². The highest BCUT2D eigenvalue weighted by molar-refractivity contribution is 5.82. The molecule has 11 heteroatoms. The molecule has 1 aromatic carbocycles. The highest BCUT2D eigenvalue weighted by Gasteiger charge is 2.25. The molecule has 1 aromatic rings. The van der Waals surface area contributed by atoms with E-state index in [1.807, 2.05) is 6.07 Å². The van der Waals surface area contributed by atoms with E-state index in [0.29, 0.717) is 12.8 Å². The van der Waals surface area contributed by atoms with E-state index >= 15 is 0 Å². The lowest BCUT2D eigenvalue weighted by Gasteiger charge is -2.22. The van der Waals surface area contributed by atoms with E-state index in [9.17, 15) is 24.3 Å². The minimum Gasteiger partial charge on any atom is -0.467 e. The number of alkyl carbamates (subject to hydrolysis) is 2. The van der Waals surface area contributed by atoms with Crippen LogP contribution in [0.5, 0.6) is 0 Å². The molecule has 11 nitrogen and oxygen atoms in total. The third-order valence-corrected chi connectivity index (χ3v) is 4.60. The first-order chi connectivity index (χ1) is 17.7. The summed E-state index contributed by atoms with van der Waals surface area (Å²) in [5.74, 6) is -1.50. The molecule has 0 saturated heterocycles. The molecule has 0 aliphatic carbocycles. The zero-order valence-electron chi connectivity index (χ0n) is 23.3. The second-order valence-corrected chi connectivity index (χ2v) is 8.85. The lowest BCUT2D eigenvalue weighted by Crippen LogP contribution is -2.44. The van der Waals surface area contributed by atoms with E-state index in [1.54, 1.807) is 45.0 Å². The Morgan fingerprint density at radius 1 is 1.03 bits per heavy atom. The number of hydrogen-bond donors (Lipinski definition) is 4. The van der Waals surface area contributed by atoms with Crippen molar-refractivity contribution in [3.05, 3.63) is 35.9 Å². The molecule has 36 heavy (non-hydrogen) atoms. The minimum absolute atomic E-state index is 0.0308. The van der Waals surface area contributed by atoms with Gasteiger partial charge in [0, 0.05) is 13.0 Å². The predicted octanol–water partition coefficient (Wildman–Crippen LogP) is 2.41. The first kappa shape index (κ1) is 27.3. The fraction of sp³-hybridized carbons (Fsp3) is 0.600. The van der Waals surface area contributed by atoms with Crippen LogP contribution in [-0.4, -0.2) is 67.1 Å². The summed E-state index contributed by atoms with van der Waals surface area (Å²) in [4.78, 5) is 48.3. The van der Waals surface area contributed by atoms with Crippen molar-refractivity contribution in [1.82, 2.24) is 16.0 Å². The smallest absolute Gasteiger partial charge is 0.408 e. The molecule has 0 aromatic heterocycles. The molecule has 202 valence electrons. The Morgan fingerprint density at radius 3 is 2.33 bits per heavy atom. The molecule has 0 aliphatic rings. The molecule has 0 heterocycles. The number of aliphatic hydroxyl groups is 1. The maximum absolute atomic E-state index is 12.2. The molecule has 1 rings (SSSR count). The monoisotopic (exact) mass is 512 g/mol. The van der Waals surface area contributed by atoms with Gasteiger partial charge in [0.25, 0.3) is 0 Å². The largest absolute Gasteiger partial charge is 0.467 e. The van der Waals surface area contributed by atoms with Gasteiger partial charge in [0.2, 0.25) is 5.91 Å². The van der Waals surface area contributed by atoms with Gasteiger partial charge in [-0.2, -0.15) is 0 Å². The number of esters is 1. The SMILES string of the molecule is [2H][C@@](CO)(CCCC[15NH]C(=O)CC[C@]([2H])(NC(=O)OC(C)(C)C)C(=O)OC)NC(=O)OCc1ccccc1. The van der Waals surface area contributed by atoms with Crippen LogP contribution in [0.15, 0.2) is 30.3 Å². The average molecular weight is 513 g/mol. The molecule has 0 radical (unpaired) electrons. The molecule has 4 N–H and O–H groups in total. The number of carbonyl (C=O) groups excluding carboxylic acids is 4. The van der Waals surface area contributed by atoms with Crippen molar-refractivity contribution < 1.29 is 41.2 Å². The standard InChI is InChI=1S/C25H39N3O8/c1-25(2,3)36-24(33)28-20(22(31)34-4)13-14-21(30)26-15-9-8-12-19(16-29)27-23(32)35-17-18-10-6-5-7-11-18/h5-7,10-11,19-20,29H,8-9,12-17H2,1-4H3,(H,26,30)(H,27,32)(H,28,33)/t19-,20-/m0/s1/i19D,20D,26+1. The van der Waals surface area contributed by atoms with Gasteiger partial charge in [-0.3, -0.25) is 4.79 Å². The Balaban J connectivity index is 2.41. The molecule has 0 aliphatic heterocycles. The molecule has 0 fully saturated rings. The Bertz CT molecular complexity index is 929. The van der Waals surface area contributed by atoms with E-state index in [4.69, 9.17) is 12.2 Å². The summed E-state index contributed by atoms with van der Waals surface area (Å²) in [6.45, 7) is 4.52. The van der Waals surface area contributed by atoms with Gasteiger partial charge in [-0.15, -0.1) is 0 Å². The lowest BCUT2D eigenvalue weighted by atomic mass is 10.1. The first-order valence-corrected chi connectivity index (χ1v) is 11.7. The maximum atomic E-state index is 12.2. The molecule has 0 saturated carbocycles. The Morgan fingerprint density at radius 2 is 1.72 bits per heavy atom. The number of aliphatic hydroxyl groups excluding tert-OH is 1. The molecule has 2 atom stereocenters. The zero-order chi connectivity index (χ0) is 28.8. The first-order valence-electron chi connectivity index (χ1n) is 12.7. The van der Waals surface area contributed by atoms with Crippen LogP contribution in [-0.2, 0) is 30.4 Å². The lowest BCUT2D eigenvalue weighted by molar-refractivity contribution is -0.143. The fourth-order valence-electron chi connectivity index (χ4n) is 2.87. The quantitative estimate of drug-likeness (QED) is 0.128. The van der Waals surface area contributed by atoms with Crippen LogP contribution in [0.3, 0.4) is 0 Å². The number of ether oxygens (including phenoxy) is 3. The molecule has 3 amide bonds. The number of carbonyl (C=O) groups is 4. The third-order valence-electron chi connectivity index (χ3n) is 4.60. The normalized spacial score (nSPS) is 15.1. The highest BCUT2D eigenvalue weighted by atomic mass is 16.6. The van der Waals surface area contributed by atoms with Crippen LogP contribution >= 0.6 is 0 Å². The van der Waals surface area contributed by atoms with Gasteiger partial charge in [0.05, 0.1) is 22.5 Å². The number of benzene rings is 1. The third kappa shape index (κ3) is 14.1. The summed E-state index contributed by atoms with van der Waals surface area (Å²) in [5, 5.41) is 16.7. The van der Waals surface area contributed by atoms with Crippen molar-refractivity contribution in [2.24, 2.45) is 0 Å². The Labute approximate surface area is 215 Å². The van der Waals surface area contributed by atoms with E-state index < -0.39 is 48.3 Å². The number of nitrogens with one attached hydrogen (secondary N) is 3. The number of hydrogen-bond acceptors (Lipinski definition) is 8. The van der Waals surface area contributed by atoms with Gasteiger partial charge in [-0.1, -0.05) is 30.3 Å². The van der Waals surface area contributed by atoms with Crippen molar-refractivity contribution in [2.75, 3.05) is 20.3 Å². The summed E-state index contributed by atoms with van der Waals surface area (Å²) in [6, 6.07) is 5.18. The van der Waals surface area contributed by atoms with Gasteiger partial charge in [-0.05, 0) is 52.0 Å². The number of amides is 3. The number of rotatable bonds is 14. The predicted molar refractivity (Wildman–Crippen MR) is 132 cm³/mol. The average Bonchev–Trinajstić information content (AvgIpc) is 2.85. The number of methoxy groups -OCH3 is 1. The minimum atomic E-state index is -2.21. The zero-order valence-corrected chi connectivity index (χ0v) is 21.3. The number of unbranched alkanes of at least 4 members (excludes halogenated alkanes) is 1. The van der Waals surface area contributed by atoms with E-state index in [0.717, 1.165) is 12.7 Å². The van der Waals surface area contributed by atoms with Crippen molar-refractivity contribution in [1.29, 1.82) is 0 Å². The van der Waals surface area contributed by atoms with Gasteiger partial charge in [-0.25, -0.2) is 14.4 Å². The van der Waals surface area contributed by atoms with Crippen molar-refractivity contribution in [2.45, 2.75) is 77.1 Å². The van der Waals surface area contributed by atoms with Crippen molar-refractivity contribution in [3.63, 3.8) is 0 Å².